The highest BCUT2D eigenvalue weighted by Crippen LogP contribution is 2.13. The Hall–Kier alpha value is -2.18. The molecule has 3 N–H and O–H groups in total. The number of aromatic nitrogens is 5. The Labute approximate surface area is 105 Å². The summed E-state index contributed by atoms with van der Waals surface area (Å²) in [5.41, 5.74) is 5.68. The van der Waals surface area contributed by atoms with Gasteiger partial charge in [-0.1, -0.05) is 13.8 Å². The topological polar surface area (TPSA) is 94.5 Å². The molecule has 2 aromatic rings. The lowest BCUT2D eigenvalue weighted by atomic mass is 10.4. The average Bonchev–Trinajstić information content (AvgIpc) is 2.81. The Morgan fingerprint density at radius 1 is 1.22 bits per heavy atom. The van der Waals surface area contributed by atoms with Gasteiger partial charge in [0.1, 0.15) is 11.6 Å². The van der Waals surface area contributed by atoms with Crippen molar-refractivity contribution >= 4 is 11.8 Å². The van der Waals surface area contributed by atoms with E-state index in [0.29, 0.717) is 11.6 Å². The number of nitrogens with two attached hydrogens (primary N) is 1. The summed E-state index contributed by atoms with van der Waals surface area (Å²) in [6.45, 7) is 4.05. The van der Waals surface area contributed by atoms with Gasteiger partial charge in [0.05, 0.1) is 0 Å². The molecule has 0 spiro atoms. The standard InChI is InChI=1S/C11H17N7/c1-4-7-14-9(5-2)18(17-7)10-6-8(13-3)15-11(12)16-10/h6H,4-5H2,1-3H3,(H3,12,13,15,16). The molecule has 2 aromatic heterocycles. The summed E-state index contributed by atoms with van der Waals surface area (Å²) in [5.74, 6) is 3.18. The SMILES string of the molecule is CCc1nc(CC)n(-c2cc(NC)nc(N)n2)n1. The van der Waals surface area contributed by atoms with E-state index in [0.717, 1.165) is 24.5 Å². The zero-order chi connectivity index (χ0) is 13.1. The first-order valence-corrected chi connectivity index (χ1v) is 5.95. The van der Waals surface area contributed by atoms with Crippen molar-refractivity contribution in [2.24, 2.45) is 0 Å². The second-order valence-electron chi connectivity index (χ2n) is 3.78. The third-order valence-electron chi connectivity index (χ3n) is 2.55. The fraction of sp³-hybridized carbons (Fsp3) is 0.455. The molecule has 2 rings (SSSR count). The van der Waals surface area contributed by atoms with Crippen LogP contribution in [0.5, 0.6) is 0 Å². The molecule has 0 unspecified atom stereocenters. The van der Waals surface area contributed by atoms with Gasteiger partial charge in [-0.2, -0.15) is 14.6 Å². The maximum atomic E-state index is 5.68. The minimum Gasteiger partial charge on any atom is -0.373 e. The van der Waals surface area contributed by atoms with Crippen LogP contribution in [0.4, 0.5) is 11.8 Å². The first kappa shape index (κ1) is 12.3. The largest absolute Gasteiger partial charge is 0.373 e. The number of rotatable bonds is 4. The van der Waals surface area contributed by atoms with Gasteiger partial charge >= 0.3 is 0 Å². The monoisotopic (exact) mass is 247 g/mol. The first-order chi connectivity index (χ1) is 8.67. The predicted molar refractivity (Wildman–Crippen MR) is 69.7 cm³/mol. The highest BCUT2D eigenvalue weighted by molar-refractivity contribution is 5.45. The van der Waals surface area contributed by atoms with Crippen molar-refractivity contribution in [1.82, 2.24) is 24.7 Å². The van der Waals surface area contributed by atoms with E-state index in [1.165, 1.54) is 0 Å². The minimum absolute atomic E-state index is 0.215. The normalized spacial score (nSPS) is 10.6. The Kier molecular flexibility index (Phi) is 3.40. The summed E-state index contributed by atoms with van der Waals surface area (Å²) in [4.78, 5) is 12.7. The van der Waals surface area contributed by atoms with Crippen molar-refractivity contribution in [2.75, 3.05) is 18.1 Å². The van der Waals surface area contributed by atoms with Crippen molar-refractivity contribution in [1.29, 1.82) is 0 Å². The summed E-state index contributed by atoms with van der Waals surface area (Å²) in [6.07, 6.45) is 1.57. The van der Waals surface area contributed by atoms with Crippen LogP contribution >= 0.6 is 0 Å². The average molecular weight is 247 g/mol. The van der Waals surface area contributed by atoms with Crippen LogP contribution in [0.1, 0.15) is 25.5 Å². The zero-order valence-corrected chi connectivity index (χ0v) is 10.8. The lowest BCUT2D eigenvalue weighted by molar-refractivity contribution is 0.767. The smallest absolute Gasteiger partial charge is 0.224 e. The quantitative estimate of drug-likeness (QED) is 0.830. The molecular weight excluding hydrogens is 230 g/mol. The second kappa shape index (κ2) is 4.99. The van der Waals surface area contributed by atoms with Crippen LogP contribution in [0.2, 0.25) is 0 Å². The summed E-state index contributed by atoms with van der Waals surface area (Å²) in [7, 11) is 1.78. The lowest BCUT2D eigenvalue weighted by Crippen LogP contribution is -2.09. The third-order valence-corrected chi connectivity index (χ3v) is 2.55. The fourth-order valence-corrected chi connectivity index (χ4v) is 1.64. The molecule has 0 bridgehead atoms. The van der Waals surface area contributed by atoms with Crippen LogP contribution in [0.25, 0.3) is 5.82 Å². The highest BCUT2D eigenvalue weighted by atomic mass is 15.4. The number of aryl methyl sites for hydroxylation is 2. The van der Waals surface area contributed by atoms with Gasteiger partial charge in [-0.25, -0.2) is 4.98 Å². The maximum Gasteiger partial charge on any atom is 0.224 e. The number of nitrogens with one attached hydrogen (secondary N) is 1. The molecule has 96 valence electrons. The Morgan fingerprint density at radius 2 is 2.00 bits per heavy atom. The Morgan fingerprint density at radius 3 is 2.61 bits per heavy atom. The maximum absolute atomic E-state index is 5.68. The summed E-state index contributed by atoms with van der Waals surface area (Å²) in [5, 5.41) is 7.36. The number of hydrogen-bond acceptors (Lipinski definition) is 6. The molecule has 0 radical (unpaired) electrons. The molecule has 0 aliphatic rings. The molecule has 0 saturated carbocycles. The Bertz CT molecular complexity index is 546. The molecule has 7 heteroatoms. The van der Waals surface area contributed by atoms with Crippen molar-refractivity contribution in [3.8, 4) is 5.82 Å². The number of hydrogen-bond donors (Lipinski definition) is 2. The molecule has 0 aliphatic heterocycles. The fourth-order valence-electron chi connectivity index (χ4n) is 1.64. The summed E-state index contributed by atoms with van der Waals surface area (Å²) < 4.78 is 1.72. The molecule has 0 aromatic carbocycles. The van der Waals surface area contributed by atoms with Crippen molar-refractivity contribution < 1.29 is 0 Å². The van der Waals surface area contributed by atoms with Crippen LogP contribution in [0, 0.1) is 0 Å². The molecule has 2 heterocycles. The summed E-state index contributed by atoms with van der Waals surface area (Å²) >= 11 is 0. The molecule has 0 atom stereocenters. The van der Waals surface area contributed by atoms with E-state index >= 15 is 0 Å². The van der Waals surface area contributed by atoms with Crippen LogP contribution in [0.15, 0.2) is 6.07 Å². The predicted octanol–water partition coefficient (Wildman–Crippen LogP) is 0.806. The van der Waals surface area contributed by atoms with Gasteiger partial charge in [-0.15, -0.1) is 5.10 Å². The zero-order valence-electron chi connectivity index (χ0n) is 10.8. The van der Waals surface area contributed by atoms with Gasteiger partial charge in [-0.3, -0.25) is 0 Å². The first-order valence-electron chi connectivity index (χ1n) is 5.95. The molecule has 18 heavy (non-hydrogen) atoms. The molecular formula is C11H17N7. The van der Waals surface area contributed by atoms with Gasteiger partial charge in [0.15, 0.2) is 11.6 Å². The van der Waals surface area contributed by atoms with E-state index < -0.39 is 0 Å². The third kappa shape index (κ3) is 2.24. The van der Waals surface area contributed by atoms with E-state index in [9.17, 15) is 0 Å². The van der Waals surface area contributed by atoms with E-state index in [4.69, 9.17) is 5.73 Å². The molecule has 0 amide bonds. The number of nitrogen functional groups attached to an aromatic ring is 1. The van der Waals surface area contributed by atoms with Gasteiger partial charge in [-0.05, 0) is 0 Å². The molecule has 0 fully saturated rings. The molecule has 7 nitrogen and oxygen atoms in total. The van der Waals surface area contributed by atoms with Crippen LogP contribution in [-0.2, 0) is 12.8 Å². The van der Waals surface area contributed by atoms with Crippen LogP contribution < -0.4 is 11.1 Å². The van der Waals surface area contributed by atoms with Crippen LogP contribution in [-0.4, -0.2) is 31.8 Å². The van der Waals surface area contributed by atoms with Gasteiger partial charge in [0.2, 0.25) is 5.95 Å². The van der Waals surface area contributed by atoms with Crippen LogP contribution in [0.3, 0.4) is 0 Å². The number of nitrogens with zero attached hydrogens (tertiary/aromatic N) is 5. The van der Waals surface area contributed by atoms with Gasteiger partial charge in [0, 0.05) is 26.0 Å². The van der Waals surface area contributed by atoms with Crippen molar-refractivity contribution in [2.45, 2.75) is 26.7 Å². The Balaban J connectivity index is 2.53. The second-order valence-corrected chi connectivity index (χ2v) is 3.78. The van der Waals surface area contributed by atoms with Gasteiger partial charge in [0.25, 0.3) is 0 Å². The minimum atomic E-state index is 0.215. The molecule has 0 saturated heterocycles. The number of anilines is 2. The van der Waals surface area contributed by atoms with E-state index in [2.05, 4.69) is 25.4 Å². The van der Waals surface area contributed by atoms with Crippen molar-refractivity contribution in [3.63, 3.8) is 0 Å². The molecule has 0 aliphatic carbocycles. The lowest BCUT2D eigenvalue weighted by Gasteiger charge is -2.06. The van der Waals surface area contributed by atoms with E-state index in [-0.39, 0.29) is 5.95 Å². The van der Waals surface area contributed by atoms with Gasteiger partial charge < -0.3 is 11.1 Å². The highest BCUT2D eigenvalue weighted by Gasteiger charge is 2.11. The van der Waals surface area contributed by atoms with E-state index in [1.54, 1.807) is 17.8 Å². The van der Waals surface area contributed by atoms with E-state index in [1.807, 2.05) is 13.8 Å². The summed E-state index contributed by atoms with van der Waals surface area (Å²) in [6, 6.07) is 1.80. The van der Waals surface area contributed by atoms with Crippen molar-refractivity contribution in [3.05, 3.63) is 17.7 Å².